The molecule has 2 N–H and O–H groups in total. The maximum Gasteiger partial charge on any atom is 0.107 e. The molecule has 1 aliphatic heterocycles. The zero-order valence-electron chi connectivity index (χ0n) is 6.12. The summed E-state index contributed by atoms with van der Waals surface area (Å²) in [5.41, 5.74) is 0. The van der Waals surface area contributed by atoms with Crippen molar-refractivity contribution in [3.05, 3.63) is 0 Å². The second-order valence-electron chi connectivity index (χ2n) is 2.65. The summed E-state index contributed by atoms with van der Waals surface area (Å²) < 4.78 is 15.0. The van der Waals surface area contributed by atoms with Gasteiger partial charge >= 0.3 is 0 Å². The van der Waals surface area contributed by atoms with Gasteiger partial charge in [0.15, 0.2) is 0 Å². The number of hydrogen-bond acceptors (Lipinski definition) is 6. The van der Waals surface area contributed by atoms with Crippen LogP contribution in [0.2, 0.25) is 0 Å². The molecule has 0 aliphatic carbocycles. The Morgan fingerprint density at radius 3 is 2.42 bits per heavy atom. The highest BCUT2D eigenvalue weighted by atomic mass is 31.2. The molecule has 0 amide bonds. The molecule has 3 atom stereocenters. The zero-order valence-corrected chi connectivity index (χ0v) is 7.02. The molecule has 6 nitrogen and oxygen atoms in total. The summed E-state index contributed by atoms with van der Waals surface area (Å²) in [4.78, 5) is 20.8. The third-order valence-corrected chi connectivity index (χ3v) is 2.77. The van der Waals surface area contributed by atoms with Gasteiger partial charge in [0.2, 0.25) is 0 Å². The normalized spacial score (nSPS) is 37.2. The molecule has 1 aliphatic rings. The quantitative estimate of drug-likeness (QED) is 0.467. The van der Waals surface area contributed by atoms with Crippen LogP contribution in [-0.4, -0.2) is 34.9 Å². The topological polar surface area (TPSA) is 113 Å². The third kappa shape index (κ3) is 2.04. The van der Waals surface area contributed by atoms with Crippen LogP contribution in [0.4, 0.5) is 0 Å². The second-order valence-corrected chi connectivity index (χ2v) is 4.31. The first-order valence-corrected chi connectivity index (χ1v) is 5.02. The zero-order chi connectivity index (χ0) is 9.35. The lowest BCUT2D eigenvalue weighted by molar-refractivity contribution is -0.323. The van der Waals surface area contributed by atoms with Gasteiger partial charge in [-0.05, 0) is 7.60 Å². The lowest BCUT2D eigenvalue weighted by Gasteiger charge is -2.35. The highest BCUT2D eigenvalue weighted by Gasteiger charge is 2.34. The first-order chi connectivity index (χ1) is 5.45. The summed E-state index contributed by atoms with van der Waals surface area (Å²) in [5.74, 6) is -1.50. The van der Waals surface area contributed by atoms with E-state index in [4.69, 9.17) is 10.2 Å². The lowest BCUT2D eigenvalue weighted by atomic mass is 10.2. The summed E-state index contributed by atoms with van der Waals surface area (Å²) in [5, 5.41) is 17.6. The molecule has 12 heavy (non-hydrogen) atoms. The van der Waals surface area contributed by atoms with Gasteiger partial charge in [-0.1, -0.05) is 0 Å². The van der Waals surface area contributed by atoms with E-state index in [0.717, 1.165) is 0 Å². The van der Waals surface area contributed by atoms with Crippen LogP contribution in [-0.2, 0) is 9.30 Å². The van der Waals surface area contributed by atoms with Crippen molar-refractivity contribution in [2.45, 2.75) is 24.5 Å². The van der Waals surface area contributed by atoms with Crippen molar-refractivity contribution in [1.82, 2.24) is 0 Å². The minimum absolute atomic E-state index is 0.254. The Hall–Kier alpha value is 0.0300. The minimum Gasteiger partial charge on any atom is -0.809 e. The van der Waals surface area contributed by atoms with Gasteiger partial charge in [0.05, 0.1) is 18.6 Å². The van der Waals surface area contributed by atoms with E-state index in [0.29, 0.717) is 0 Å². The molecule has 0 unspecified atom stereocenters. The molecule has 0 radical (unpaired) electrons. The highest BCUT2D eigenvalue weighted by molar-refractivity contribution is 7.49. The second kappa shape index (κ2) is 3.41. The molecule has 1 rings (SSSR count). The van der Waals surface area contributed by atoms with Gasteiger partial charge < -0.3 is 29.3 Å². The van der Waals surface area contributed by atoms with Crippen molar-refractivity contribution >= 4 is 7.60 Å². The average molecular weight is 196 g/mol. The van der Waals surface area contributed by atoms with Gasteiger partial charge in [0, 0.05) is 6.42 Å². The van der Waals surface area contributed by atoms with Crippen molar-refractivity contribution in [1.29, 1.82) is 0 Å². The summed E-state index contributed by atoms with van der Waals surface area (Å²) in [6, 6.07) is 0. The summed E-state index contributed by atoms with van der Waals surface area (Å²) >= 11 is 0. The van der Waals surface area contributed by atoms with E-state index >= 15 is 0 Å². The maximum absolute atomic E-state index is 10.4. The van der Waals surface area contributed by atoms with Crippen molar-refractivity contribution in [3.63, 3.8) is 0 Å². The van der Waals surface area contributed by atoms with Crippen molar-refractivity contribution in [2.24, 2.45) is 0 Å². The molecule has 7 heteroatoms. The van der Waals surface area contributed by atoms with Crippen LogP contribution in [0.15, 0.2) is 0 Å². The molecular formula is C5H9O6P-2. The fourth-order valence-electron chi connectivity index (χ4n) is 1.07. The van der Waals surface area contributed by atoms with E-state index in [1.54, 1.807) is 0 Å². The maximum atomic E-state index is 10.4. The van der Waals surface area contributed by atoms with Crippen LogP contribution in [0.1, 0.15) is 6.42 Å². The molecule has 1 fully saturated rings. The largest absolute Gasteiger partial charge is 0.809 e. The van der Waals surface area contributed by atoms with E-state index in [-0.39, 0.29) is 6.42 Å². The fourth-order valence-corrected chi connectivity index (χ4v) is 1.85. The van der Waals surface area contributed by atoms with Gasteiger partial charge in [-0.2, -0.15) is 0 Å². The van der Waals surface area contributed by atoms with Gasteiger partial charge in [-0.3, -0.25) is 0 Å². The Labute approximate surface area is 68.9 Å². The van der Waals surface area contributed by atoms with Gasteiger partial charge in [-0.25, -0.2) is 0 Å². The van der Waals surface area contributed by atoms with E-state index in [2.05, 4.69) is 4.74 Å². The van der Waals surface area contributed by atoms with Gasteiger partial charge in [0.25, 0.3) is 0 Å². The number of ether oxygens (including phenoxy) is 1. The predicted molar refractivity (Wildman–Crippen MR) is 34.0 cm³/mol. The van der Waals surface area contributed by atoms with Crippen LogP contribution in [0, 0.1) is 0 Å². The van der Waals surface area contributed by atoms with Gasteiger partial charge in [-0.15, -0.1) is 0 Å². The van der Waals surface area contributed by atoms with Crippen LogP contribution >= 0.6 is 7.60 Å². The number of hydrogen-bond donors (Lipinski definition) is 2. The average Bonchev–Trinajstić information content (AvgIpc) is 2.29. The lowest BCUT2D eigenvalue weighted by Crippen LogP contribution is -2.27. The van der Waals surface area contributed by atoms with Crippen molar-refractivity contribution < 1.29 is 29.3 Å². The summed E-state index contributed by atoms with van der Waals surface area (Å²) in [7, 11) is -4.79. The molecular weight excluding hydrogens is 187 g/mol. The molecule has 0 bridgehead atoms. The molecule has 0 aromatic heterocycles. The molecule has 0 aromatic carbocycles. The standard InChI is InChI=1S/C5H11O6P/c6-2-4-3(7)1-5(11-4)12(8,9)10/h3-7H,1-2H2,(H2,8,9,10)/p-2/t3-,4+,5+/m0/s1. The fraction of sp³-hybridized carbons (Fsp3) is 1.00. The number of aliphatic hydroxyl groups excluding tert-OH is 2. The number of rotatable bonds is 2. The van der Waals surface area contributed by atoms with E-state index in [1.807, 2.05) is 0 Å². The van der Waals surface area contributed by atoms with Crippen LogP contribution in [0.25, 0.3) is 0 Å². The Morgan fingerprint density at radius 2 is 2.17 bits per heavy atom. The van der Waals surface area contributed by atoms with Crippen molar-refractivity contribution in [2.75, 3.05) is 6.61 Å². The third-order valence-electron chi connectivity index (χ3n) is 1.74. The molecule has 0 saturated carbocycles. The smallest absolute Gasteiger partial charge is 0.107 e. The van der Waals surface area contributed by atoms with Crippen LogP contribution in [0.5, 0.6) is 0 Å². The predicted octanol–water partition coefficient (Wildman–Crippen LogP) is -2.63. The van der Waals surface area contributed by atoms with E-state index in [1.165, 1.54) is 0 Å². The molecule has 72 valence electrons. The molecule has 1 heterocycles. The SMILES string of the molecule is O=P([O-])([O-])[C@@H]1C[C@H](O)[C@@H](CO)O1. The van der Waals surface area contributed by atoms with Crippen LogP contribution in [0.3, 0.4) is 0 Å². The molecule has 0 spiro atoms. The summed E-state index contributed by atoms with van der Waals surface area (Å²) in [6.07, 6.45) is -2.28. The highest BCUT2D eigenvalue weighted by Crippen LogP contribution is 2.40. The Balaban J connectivity index is 2.60. The Morgan fingerprint density at radius 1 is 1.58 bits per heavy atom. The van der Waals surface area contributed by atoms with E-state index in [9.17, 15) is 14.4 Å². The van der Waals surface area contributed by atoms with Gasteiger partial charge in [0.1, 0.15) is 6.10 Å². The molecule has 0 aromatic rings. The minimum atomic E-state index is -4.79. The van der Waals surface area contributed by atoms with Crippen LogP contribution < -0.4 is 9.79 Å². The molecule has 1 saturated heterocycles. The number of aliphatic hydroxyl groups is 2. The Bertz CT molecular complexity index is 200. The first-order valence-electron chi connectivity index (χ1n) is 3.41. The van der Waals surface area contributed by atoms with E-state index < -0.39 is 32.3 Å². The van der Waals surface area contributed by atoms with Crippen molar-refractivity contribution in [3.8, 4) is 0 Å². The first kappa shape index (κ1) is 10.1. The Kier molecular flexibility index (Phi) is 2.88. The monoisotopic (exact) mass is 196 g/mol. The summed E-state index contributed by atoms with van der Waals surface area (Å²) in [6.45, 7) is -0.488.